The molecule has 2 aromatic heterocycles. The number of Topliss-reactive ketones (excluding diaryl/α,β-unsaturated/α-hetero) is 1. The molecular weight excluding hydrogens is 435 g/mol. The molecule has 1 saturated carbocycles. The molecule has 0 amide bonds. The Kier molecular flexibility index (Phi) is 10.7. The molecule has 0 aliphatic heterocycles. The van der Waals surface area contributed by atoms with Gasteiger partial charge in [0.25, 0.3) is 0 Å². The van der Waals surface area contributed by atoms with Crippen LogP contribution in [0, 0.1) is 23.6 Å². The number of allylic oxidation sites excluding steroid dienone is 5. The molecule has 2 heterocycles. The molecule has 0 N–H and O–H groups in total. The third kappa shape index (κ3) is 9.42. The normalized spacial score (nSPS) is 19.1. The maximum absolute atomic E-state index is 12.6. The van der Waals surface area contributed by atoms with Crippen LogP contribution >= 0.6 is 11.3 Å². The number of ketones is 1. The number of hydrogen-bond donors (Lipinski definition) is 0. The van der Waals surface area contributed by atoms with Gasteiger partial charge in [0.05, 0.1) is 12.8 Å². The Bertz CT molecular complexity index is 959. The second-order valence-electron chi connectivity index (χ2n) is 9.02. The van der Waals surface area contributed by atoms with Crippen LogP contribution in [0.5, 0.6) is 5.88 Å². The number of aromatic nitrogens is 2. The van der Waals surface area contributed by atoms with Gasteiger partial charge >= 0.3 is 0 Å². The summed E-state index contributed by atoms with van der Waals surface area (Å²) in [6.45, 7) is 14.3. The van der Waals surface area contributed by atoms with Crippen LogP contribution in [-0.4, -0.2) is 22.4 Å². The van der Waals surface area contributed by atoms with E-state index in [2.05, 4.69) is 30.4 Å². The molecule has 1 atom stereocenters. The van der Waals surface area contributed by atoms with E-state index in [0.29, 0.717) is 18.4 Å². The Morgan fingerprint density at radius 2 is 2.00 bits per heavy atom. The fourth-order valence-electron chi connectivity index (χ4n) is 3.70. The summed E-state index contributed by atoms with van der Waals surface area (Å²) in [6.07, 6.45) is 10.7. The van der Waals surface area contributed by atoms with E-state index in [1.807, 2.05) is 31.4 Å². The highest BCUT2D eigenvalue weighted by Crippen LogP contribution is 2.37. The molecule has 33 heavy (non-hydrogen) atoms. The highest BCUT2D eigenvalue weighted by atomic mass is 32.1. The minimum Gasteiger partial charge on any atom is -0.477 e. The van der Waals surface area contributed by atoms with E-state index < -0.39 is 0 Å². The fourth-order valence-corrected chi connectivity index (χ4v) is 4.42. The lowest BCUT2D eigenvalue weighted by Gasteiger charge is -2.34. The number of nitrogens with zero attached hydrogens (tertiary/aromatic N) is 2. The first kappa shape index (κ1) is 26.7. The monoisotopic (exact) mass is 470 g/mol. The van der Waals surface area contributed by atoms with Crippen LogP contribution in [0.2, 0.25) is 0 Å². The van der Waals surface area contributed by atoms with Crippen molar-refractivity contribution in [3.05, 3.63) is 70.6 Å². The molecular formula is C27H35FN2O2S. The summed E-state index contributed by atoms with van der Waals surface area (Å²) in [4.78, 5) is 19.5. The van der Waals surface area contributed by atoms with Crippen LogP contribution in [0.3, 0.4) is 0 Å². The number of pyridine rings is 1. The largest absolute Gasteiger partial charge is 0.477 e. The predicted octanol–water partition coefficient (Wildman–Crippen LogP) is 7.31. The Hall–Kier alpha value is -2.60. The summed E-state index contributed by atoms with van der Waals surface area (Å²) in [6, 6.07) is 2.95. The minimum atomic E-state index is -0.325. The van der Waals surface area contributed by atoms with Crippen molar-refractivity contribution in [2.45, 2.75) is 53.9 Å². The lowest BCUT2D eigenvalue weighted by atomic mass is 9.72. The maximum Gasteiger partial charge on any atom is 0.213 e. The van der Waals surface area contributed by atoms with E-state index >= 15 is 0 Å². The minimum absolute atomic E-state index is 0.0663. The lowest BCUT2D eigenvalue weighted by Crippen LogP contribution is -2.24. The molecule has 1 aliphatic carbocycles. The summed E-state index contributed by atoms with van der Waals surface area (Å²) >= 11 is 1.53. The number of rotatable bonds is 9. The van der Waals surface area contributed by atoms with Crippen molar-refractivity contribution in [1.82, 2.24) is 9.97 Å². The van der Waals surface area contributed by atoms with Gasteiger partial charge in [0.1, 0.15) is 10.8 Å². The Morgan fingerprint density at radius 1 is 1.27 bits per heavy atom. The first-order chi connectivity index (χ1) is 15.7. The van der Waals surface area contributed by atoms with Crippen molar-refractivity contribution in [2.75, 3.05) is 6.61 Å². The molecule has 4 nitrogen and oxygen atoms in total. The van der Waals surface area contributed by atoms with Gasteiger partial charge in [0.15, 0.2) is 5.78 Å². The molecule has 0 saturated heterocycles. The topological polar surface area (TPSA) is 52.1 Å². The van der Waals surface area contributed by atoms with Crippen molar-refractivity contribution in [3.63, 3.8) is 0 Å². The van der Waals surface area contributed by atoms with Gasteiger partial charge in [-0.25, -0.2) is 14.4 Å². The first-order valence-electron chi connectivity index (χ1n) is 11.3. The van der Waals surface area contributed by atoms with Gasteiger partial charge in [-0.15, -0.1) is 11.3 Å². The Balaban J connectivity index is 0.000000234. The van der Waals surface area contributed by atoms with Crippen molar-refractivity contribution in [1.29, 1.82) is 0 Å². The second-order valence-corrected chi connectivity index (χ2v) is 9.92. The predicted molar refractivity (Wildman–Crippen MR) is 135 cm³/mol. The number of thiazole rings is 1. The van der Waals surface area contributed by atoms with E-state index in [1.165, 1.54) is 42.9 Å². The van der Waals surface area contributed by atoms with E-state index in [4.69, 9.17) is 4.74 Å². The van der Waals surface area contributed by atoms with E-state index in [-0.39, 0.29) is 11.6 Å². The quantitative estimate of drug-likeness (QED) is 0.285. The van der Waals surface area contributed by atoms with Crippen LogP contribution in [0.4, 0.5) is 4.39 Å². The molecule has 3 rings (SSSR count). The standard InChI is InChI=1S/C14H20FNO.C13H15NOS/c1-10-5-12(6-10)7-11(2)9-17-14-4-3-13(15)8-16-14;1-9(2)5-6-12(10(3)11(4)15)13-14-7-8-16-13/h3-4,8,10-12H,5-7,9H2,1-2H3;5-8H,1H2,2-4H3/b;6-5-,12-10-. The Morgan fingerprint density at radius 3 is 2.52 bits per heavy atom. The number of carbonyl (C=O) groups is 1. The molecule has 6 heteroatoms. The molecule has 0 spiro atoms. The van der Waals surface area contributed by atoms with Crippen molar-refractivity contribution in [3.8, 4) is 5.88 Å². The molecule has 1 unspecified atom stereocenters. The molecule has 0 bridgehead atoms. The van der Waals surface area contributed by atoms with E-state index in [9.17, 15) is 9.18 Å². The molecule has 0 aromatic carbocycles. The molecule has 1 fully saturated rings. The van der Waals surface area contributed by atoms with Crippen LogP contribution in [0.1, 0.15) is 58.9 Å². The van der Waals surface area contributed by atoms with Crippen LogP contribution in [0.15, 0.2) is 59.8 Å². The average molecular weight is 471 g/mol. The van der Waals surface area contributed by atoms with Crippen molar-refractivity contribution >= 4 is 22.7 Å². The zero-order chi connectivity index (χ0) is 24.4. The summed E-state index contributed by atoms with van der Waals surface area (Å²) in [5, 5.41) is 2.77. The lowest BCUT2D eigenvalue weighted by molar-refractivity contribution is -0.113. The molecule has 2 aromatic rings. The molecule has 0 radical (unpaired) electrons. The number of carbonyl (C=O) groups excluding carboxylic acids is 1. The van der Waals surface area contributed by atoms with E-state index in [1.54, 1.807) is 19.2 Å². The van der Waals surface area contributed by atoms with Gasteiger partial charge in [-0.3, -0.25) is 4.79 Å². The number of hydrogen-bond acceptors (Lipinski definition) is 5. The van der Waals surface area contributed by atoms with Crippen LogP contribution < -0.4 is 4.74 Å². The maximum atomic E-state index is 12.6. The zero-order valence-electron chi connectivity index (χ0n) is 20.3. The second kappa shape index (κ2) is 13.2. The van der Waals surface area contributed by atoms with Crippen LogP contribution in [0.25, 0.3) is 5.57 Å². The van der Waals surface area contributed by atoms with Gasteiger partial charge in [0.2, 0.25) is 5.88 Å². The highest BCUT2D eigenvalue weighted by molar-refractivity contribution is 7.10. The van der Waals surface area contributed by atoms with Crippen LogP contribution in [-0.2, 0) is 4.79 Å². The van der Waals surface area contributed by atoms with Gasteiger partial charge in [-0.1, -0.05) is 38.2 Å². The number of halogens is 1. The van der Waals surface area contributed by atoms with Gasteiger partial charge < -0.3 is 4.74 Å². The fraction of sp³-hybridized carbons (Fsp3) is 0.444. The highest BCUT2D eigenvalue weighted by Gasteiger charge is 2.26. The summed E-state index contributed by atoms with van der Waals surface area (Å²) in [5.41, 5.74) is 2.56. The smallest absolute Gasteiger partial charge is 0.213 e. The van der Waals surface area contributed by atoms with Gasteiger partial charge in [-0.05, 0) is 63.9 Å². The molecule has 1 aliphatic rings. The third-order valence-electron chi connectivity index (χ3n) is 5.55. The van der Waals surface area contributed by atoms with Crippen molar-refractivity contribution < 1.29 is 13.9 Å². The van der Waals surface area contributed by atoms with E-state index in [0.717, 1.165) is 33.6 Å². The summed E-state index contributed by atoms with van der Waals surface area (Å²) in [7, 11) is 0. The zero-order valence-corrected chi connectivity index (χ0v) is 21.1. The summed E-state index contributed by atoms with van der Waals surface area (Å²) < 4.78 is 18.2. The Labute approximate surface area is 201 Å². The number of ether oxygens (including phenoxy) is 1. The summed E-state index contributed by atoms with van der Waals surface area (Å²) in [5.74, 6) is 2.58. The van der Waals surface area contributed by atoms with Crippen molar-refractivity contribution in [2.24, 2.45) is 17.8 Å². The molecule has 178 valence electrons. The van der Waals surface area contributed by atoms with Gasteiger partial charge in [-0.2, -0.15) is 0 Å². The first-order valence-corrected chi connectivity index (χ1v) is 12.2. The van der Waals surface area contributed by atoms with Gasteiger partial charge in [0, 0.05) is 28.8 Å². The SMILES string of the molecule is C=C(C)/C=C\C(=C(/C)C(C)=O)c1nccs1.CC(COc1ccc(F)cn1)CC1CC(C)C1. The average Bonchev–Trinajstić information content (AvgIpc) is 3.27. The third-order valence-corrected chi connectivity index (χ3v) is 6.36.